The van der Waals surface area contributed by atoms with E-state index in [1.54, 1.807) is 11.9 Å². The van der Waals surface area contributed by atoms with Crippen LogP contribution in [0.15, 0.2) is 16.7 Å². The molecule has 5 nitrogen and oxygen atoms in total. The van der Waals surface area contributed by atoms with Crippen molar-refractivity contribution < 1.29 is 9.59 Å². The first-order chi connectivity index (χ1) is 9.08. The van der Waals surface area contributed by atoms with Crippen LogP contribution in [0.1, 0.15) is 30.3 Å². The second-order valence-electron chi connectivity index (χ2n) is 4.60. The fraction of sp³-hybridized carbons (Fsp3) is 0.538. The normalized spacial score (nSPS) is 18.7. The lowest BCUT2D eigenvalue weighted by atomic mass is 10.2. The first-order valence-electron chi connectivity index (χ1n) is 6.46. The minimum atomic E-state index is -0.337. The van der Waals surface area contributed by atoms with Gasteiger partial charge in [0, 0.05) is 30.8 Å². The summed E-state index contributed by atoms with van der Waals surface area (Å²) in [6.07, 6.45) is 3.50. The van der Waals surface area contributed by atoms with Crippen molar-refractivity contribution >= 4 is 27.7 Å². The van der Waals surface area contributed by atoms with Crippen molar-refractivity contribution in [2.45, 2.75) is 32.4 Å². The molecule has 0 aromatic carbocycles. The smallest absolute Gasteiger partial charge is 0.271 e. The van der Waals surface area contributed by atoms with Crippen LogP contribution in [0, 0.1) is 0 Å². The van der Waals surface area contributed by atoms with Gasteiger partial charge in [0.25, 0.3) is 5.91 Å². The third-order valence-corrected chi connectivity index (χ3v) is 3.92. The van der Waals surface area contributed by atoms with Crippen LogP contribution < -0.4 is 5.32 Å². The first kappa shape index (κ1) is 14.1. The number of hydrogen-bond acceptors (Lipinski definition) is 2. The van der Waals surface area contributed by atoms with E-state index >= 15 is 0 Å². The zero-order valence-corrected chi connectivity index (χ0v) is 12.7. The minimum absolute atomic E-state index is 0.0707. The fourth-order valence-electron chi connectivity index (χ4n) is 2.51. The Labute approximate surface area is 121 Å². The van der Waals surface area contributed by atoms with Crippen LogP contribution in [0.4, 0.5) is 0 Å². The largest absolute Gasteiger partial charge is 0.357 e. The molecule has 0 unspecified atom stereocenters. The molecule has 1 fully saturated rings. The summed E-state index contributed by atoms with van der Waals surface area (Å²) in [6.45, 7) is 3.36. The standard InChI is InChI=1S/C13H18BrN3O2/c1-3-16-8-9(14)7-11(16)13(19)17-6-4-5-10(17)12(18)15-2/h7-8,10H,3-6H2,1-2H3,(H,15,18)/t10-/m0/s1. The van der Waals surface area contributed by atoms with Gasteiger partial charge in [0.15, 0.2) is 0 Å². The quantitative estimate of drug-likeness (QED) is 0.917. The van der Waals surface area contributed by atoms with Crippen molar-refractivity contribution in [1.29, 1.82) is 0 Å². The lowest BCUT2D eigenvalue weighted by Crippen LogP contribution is -2.45. The monoisotopic (exact) mass is 327 g/mol. The number of nitrogens with zero attached hydrogens (tertiary/aromatic N) is 2. The molecule has 0 aliphatic carbocycles. The highest BCUT2D eigenvalue weighted by Gasteiger charge is 2.34. The first-order valence-corrected chi connectivity index (χ1v) is 7.26. The number of likely N-dealkylation sites (tertiary alicyclic amines) is 1. The predicted octanol–water partition coefficient (Wildman–Crippen LogP) is 1.62. The van der Waals surface area contributed by atoms with Crippen LogP contribution in [0.3, 0.4) is 0 Å². The van der Waals surface area contributed by atoms with E-state index in [9.17, 15) is 9.59 Å². The van der Waals surface area contributed by atoms with Gasteiger partial charge in [-0.2, -0.15) is 0 Å². The molecule has 19 heavy (non-hydrogen) atoms. The average molecular weight is 328 g/mol. The van der Waals surface area contributed by atoms with E-state index in [0.717, 1.165) is 23.9 Å². The number of aryl methyl sites for hydroxylation is 1. The maximum absolute atomic E-state index is 12.6. The van der Waals surface area contributed by atoms with Gasteiger partial charge in [-0.15, -0.1) is 0 Å². The summed E-state index contributed by atoms with van der Waals surface area (Å²) in [4.78, 5) is 26.0. The number of hydrogen-bond donors (Lipinski definition) is 1. The molecular weight excluding hydrogens is 310 g/mol. The molecule has 2 rings (SSSR count). The highest BCUT2D eigenvalue weighted by atomic mass is 79.9. The SMILES string of the molecule is CCn1cc(Br)cc1C(=O)N1CCC[C@H]1C(=O)NC. The summed E-state index contributed by atoms with van der Waals surface area (Å²) < 4.78 is 2.78. The number of amides is 2. The van der Waals surface area contributed by atoms with Gasteiger partial charge >= 0.3 is 0 Å². The molecule has 0 radical (unpaired) electrons. The molecule has 0 bridgehead atoms. The summed E-state index contributed by atoms with van der Waals surface area (Å²) in [5, 5.41) is 2.63. The van der Waals surface area contributed by atoms with Gasteiger partial charge in [0.05, 0.1) is 0 Å². The Morgan fingerprint density at radius 1 is 1.53 bits per heavy atom. The van der Waals surface area contributed by atoms with Crippen LogP contribution in [-0.2, 0) is 11.3 Å². The maximum atomic E-state index is 12.6. The van der Waals surface area contributed by atoms with Gasteiger partial charge in [-0.25, -0.2) is 0 Å². The number of likely N-dealkylation sites (N-methyl/N-ethyl adjacent to an activating group) is 1. The molecule has 1 atom stereocenters. The van der Waals surface area contributed by atoms with Gasteiger partial charge in [0.2, 0.25) is 5.91 Å². The van der Waals surface area contributed by atoms with E-state index in [2.05, 4.69) is 21.2 Å². The second kappa shape index (κ2) is 5.77. The number of nitrogens with one attached hydrogen (secondary N) is 1. The van der Waals surface area contributed by atoms with Crippen molar-refractivity contribution in [3.05, 3.63) is 22.4 Å². The van der Waals surface area contributed by atoms with Crippen LogP contribution in [-0.4, -0.2) is 40.9 Å². The summed E-state index contributed by atoms with van der Waals surface area (Å²) in [5.41, 5.74) is 0.630. The summed E-state index contributed by atoms with van der Waals surface area (Å²) >= 11 is 3.39. The van der Waals surface area contributed by atoms with Crippen molar-refractivity contribution in [2.24, 2.45) is 0 Å². The fourth-order valence-corrected chi connectivity index (χ4v) is 2.98. The maximum Gasteiger partial charge on any atom is 0.271 e. The number of carbonyl (C=O) groups is 2. The molecule has 0 spiro atoms. The number of rotatable bonds is 3. The molecule has 2 heterocycles. The van der Waals surface area contributed by atoms with Gasteiger partial charge < -0.3 is 14.8 Å². The van der Waals surface area contributed by atoms with E-state index in [4.69, 9.17) is 0 Å². The molecule has 2 amide bonds. The summed E-state index contributed by atoms with van der Waals surface area (Å²) in [5.74, 6) is -0.154. The minimum Gasteiger partial charge on any atom is -0.357 e. The molecule has 1 saturated heterocycles. The van der Waals surface area contributed by atoms with Gasteiger partial charge in [-0.1, -0.05) is 0 Å². The van der Waals surface area contributed by atoms with Crippen molar-refractivity contribution in [3.8, 4) is 0 Å². The Morgan fingerprint density at radius 3 is 2.89 bits per heavy atom. The van der Waals surface area contributed by atoms with Crippen LogP contribution >= 0.6 is 15.9 Å². The van der Waals surface area contributed by atoms with E-state index < -0.39 is 0 Å². The highest BCUT2D eigenvalue weighted by molar-refractivity contribution is 9.10. The van der Waals surface area contributed by atoms with Crippen molar-refractivity contribution in [3.63, 3.8) is 0 Å². The third-order valence-electron chi connectivity index (χ3n) is 3.49. The zero-order chi connectivity index (χ0) is 14.0. The Hall–Kier alpha value is -1.30. The van der Waals surface area contributed by atoms with E-state index in [1.807, 2.05) is 23.8 Å². The van der Waals surface area contributed by atoms with Crippen molar-refractivity contribution in [1.82, 2.24) is 14.8 Å². The summed E-state index contributed by atoms with van der Waals surface area (Å²) in [6, 6.07) is 1.47. The number of halogens is 1. The predicted molar refractivity (Wildman–Crippen MR) is 75.9 cm³/mol. The molecular formula is C13H18BrN3O2. The Bertz CT molecular complexity index is 498. The summed E-state index contributed by atoms with van der Waals surface area (Å²) in [7, 11) is 1.61. The third kappa shape index (κ3) is 2.68. The van der Waals surface area contributed by atoms with Gasteiger partial charge in [0.1, 0.15) is 11.7 Å². The van der Waals surface area contributed by atoms with Gasteiger partial charge in [-0.3, -0.25) is 9.59 Å². The van der Waals surface area contributed by atoms with E-state index in [1.165, 1.54) is 0 Å². The van der Waals surface area contributed by atoms with E-state index in [-0.39, 0.29) is 17.9 Å². The Balaban J connectivity index is 2.25. The van der Waals surface area contributed by atoms with Crippen LogP contribution in [0.2, 0.25) is 0 Å². The number of carbonyl (C=O) groups excluding carboxylic acids is 2. The number of aromatic nitrogens is 1. The van der Waals surface area contributed by atoms with Gasteiger partial charge in [-0.05, 0) is 41.8 Å². The van der Waals surface area contributed by atoms with Crippen LogP contribution in [0.5, 0.6) is 0 Å². The molecule has 1 aromatic rings. The lowest BCUT2D eigenvalue weighted by Gasteiger charge is -2.23. The zero-order valence-electron chi connectivity index (χ0n) is 11.1. The van der Waals surface area contributed by atoms with E-state index in [0.29, 0.717) is 12.2 Å². The molecule has 1 N–H and O–H groups in total. The van der Waals surface area contributed by atoms with Crippen LogP contribution in [0.25, 0.3) is 0 Å². The topological polar surface area (TPSA) is 54.3 Å². The molecule has 1 aromatic heterocycles. The molecule has 104 valence electrons. The Morgan fingerprint density at radius 2 is 2.26 bits per heavy atom. The van der Waals surface area contributed by atoms with Crippen molar-refractivity contribution in [2.75, 3.05) is 13.6 Å². The molecule has 1 aliphatic rings. The second-order valence-corrected chi connectivity index (χ2v) is 5.52. The highest BCUT2D eigenvalue weighted by Crippen LogP contribution is 2.23. The average Bonchev–Trinajstić information content (AvgIpc) is 3.02. The lowest BCUT2D eigenvalue weighted by molar-refractivity contribution is -0.124. The molecule has 6 heteroatoms. The molecule has 1 aliphatic heterocycles. The molecule has 0 saturated carbocycles. The Kier molecular flexibility index (Phi) is 4.29.